The largest absolute Gasteiger partial charge is 0.370 e. The van der Waals surface area contributed by atoms with Gasteiger partial charge in [-0.3, -0.25) is 0 Å². The summed E-state index contributed by atoms with van der Waals surface area (Å²) in [6.07, 6.45) is 2.04. The van der Waals surface area contributed by atoms with Gasteiger partial charge in [-0.1, -0.05) is 20.8 Å². The van der Waals surface area contributed by atoms with Gasteiger partial charge >= 0.3 is 0 Å². The van der Waals surface area contributed by atoms with Gasteiger partial charge in [0.15, 0.2) is 0 Å². The summed E-state index contributed by atoms with van der Waals surface area (Å²) in [5.74, 6) is 1.92. The molecule has 0 fully saturated rings. The van der Waals surface area contributed by atoms with E-state index >= 15 is 0 Å². The number of anilines is 1. The Kier molecular flexibility index (Phi) is 5.75. The Morgan fingerprint density at radius 1 is 1.24 bits per heavy atom. The van der Waals surface area contributed by atoms with Crippen molar-refractivity contribution in [3.8, 4) is 0 Å². The van der Waals surface area contributed by atoms with Crippen LogP contribution in [0.4, 0.5) is 5.82 Å². The number of hydrogen-bond donors (Lipinski definition) is 1. The van der Waals surface area contributed by atoms with Crippen LogP contribution in [0.3, 0.4) is 0 Å². The van der Waals surface area contributed by atoms with E-state index in [1.807, 2.05) is 11.8 Å². The van der Waals surface area contributed by atoms with Crippen LogP contribution in [-0.4, -0.2) is 21.8 Å². The zero-order valence-corrected chi connectivity index (χ0v) is 12.3. The van der Waals surface area contributed by atoms with E-state index in [0.29, 0.717) is 5.25 Å². The van der Waals surface area contributed by atoms with E-state index < -0.39 is 0 Å². The summed E-state index contributed by atoms with van der Waals surface area (Å²) in [5, 5.41) is 5.04. The molecule has 3 nitrogen and oxygen atoms in total. The van der Waals surface area contributed by atoms with Crippen molar-refractivity contribution in [2.24, 2.45) is 0 Å². The summed E-state index contributed by atoms with van der Waals surface area (Å²) < 4.78 is 0. The zero-order valence-electron chi connectivity index (χ0n) is 11.5. The van der Waals surface area contributed by atoms with Crippen LogP contribution in [0, 0.1) is 6.92 Å². The molecule has 0 saturated carbocycles. The summed E-state index contributed by atoms with van der Waals surface area (Å²) in [7, 11) is 0. The molecule has 1 heterocycles. The first-order valence-corrected chi connectivity index (χ1v) is 7.28. The maximum atomic E-state index is 4.63. The third kappa shape index (κ3) is 3.87. The van der Waals surface area contributed by atoms with Crippen LogP contribution >= 0.6 is 11.8 Å². The van der Waals surface area contributed by atoms with Crippen LogP contribution < -0.4 is 5.32 Å². The molecule has 0 saturated heterocycles. The van der Waals surface area contributed by atoms with Crippen molar-refractivity contribution in [3.63, 3.8) is 0 Å². The van der Waals surface area contributed by atoms with Crippen LogP contribution in [0.5, 0.6) is 0 Å². The number of thioether (sulfide) groups is 1. The Labute approximate surface area is 109 Å². The highest BCUT2D eigenvalue weighted by Crippen LogP contribution is 2.29. The van der Waals surface area contributed by atoms with E-state index in [9.17, 15) is 0 Å². The van der Waals surface area contributed by atoms with E-state index in [-0.39, 0.29) is 0 Å². The van der Waals surface area contributed by atoms with Crippen LogP contribution in [0.25, 0.3) is 0 Å². The first kappa shape index (κ1) is 14.3. The van der Waals surface area contributed by atoms with Crippen LogP contribution in [0.1, 0.15) is 45.5 Å². The van der Waals surface area contributed by atoms with Gasteiger partial charge < -0.3 is 5.32 Å². The van der Waals surface area contributed by atoms with E-state index in [2.05, 4.69) is 49.9 Å². The molecular formula is C13H23N3S. The lowest BCUT2D eigenvalue weighted by molar-refractivity contribution is 0.856. The fraction of sp³-hybridized carbons (Fsp3) is 0.692. The summed E-state index contributed by atoms with van der Waals surface area (Å²) in [4.78, 5) is 9.17. The fourth-order valence-electron chi connectivity index (χ4n) is 1.43. The van der Waals surface area contributed by atoms with Gasteiger partial charge in [-0.25, -0.2) is 9.97 Å². The minimum absolute atomic E-state index is 0.600. The standard InChI is InChI=1S/C13H23N3S/c1-6-9(4)17-13-10(5)12(14-8-3)15-11(7-2)16-13/h9H,6-8H2,1-5H3,(H,14,15,16). The van der Waals surface area contributed by atoms with Crippen LogP contribution in [0.2, 0.25) is 0 Å². The van der Waals surface area contributed by atoms with E-state index in [1.165, 1.54) is 5.56 Å². The van der Waals surface area contributed by atoms with Crippen molar-refractivity contribution in [2.75, 3.05) is 11.9 Å². The number of hydrogen-bond acceptors (Lipinski definition) is 4. The molecule has 0 aliphatic heterocycles. The molecule has 1 N–H and O–H groups in total. The highest BCUT2D eigenvalue weighted by molar-refractivity contribution is 7.99. The number of nitrogens with one attached hydrogen (secondary N) is 1. The normalized spacial score (nSPS) is 12.5. The van der Waals surface area contributed by atoms with Crippen molar-refractivity contribution in [1.29, 1.82) is 0 Å². The van der Waals surface area contributed by atoms with Gasteiger partial charge in [0.25, 0.3) is 0 Å². The van der Waals surface area contributed by atoms with Gasteiger partial charge in [-0.15, -0.1) is 11.8 Å². The molecule has 0 spiro atoms. The number of aryl methyl sites for hydroxylation is 1. The molecule has 1 atom stereocenters. The Morgan fingerprint density at radius 2 is 1.94 bits per heavy atom. The van der Waals surface area contributed by atoms with E-state index in [1.54, 1.807) is 0 Å². The molecule has 0 aliphatic rings. The van der Waals surface area contributed by atoms with Crippen molar-refractivity contribution in [3.05, 3.63) is 11.4 Å². The second-order valence-corrected chi connectivity index (χ2v) is 5.57. The van der Waals surface area contributed by atoms with Gasteiger partial charge in [-0.2, -0.15) is 0 Å². The van der Waals surface area contributed by atoms with Crippen molar-refractivity contribution < 1.29 is 0 Å². The monoisotopic (exact) mass is 253 g/mol. The molecular weight excluding hydrogens is 230 g/mol. The number of rotatable bonds is 6. The molecule has 1 rings (SSSR count). The zero-order chi connectivity index (χ0) is 12.8. The number of aromatic nitrogens is 2. The minimum Gasteiger partial charge on any atom is -0.370 e. The molecule has 0 aliphatic carbocycles. The lowest BCUT2D eigenvalue weighted by Gasteiger charge is -2.14. The Bertz CT molecular complexity index is 366. The van der Waals surface area contributed by atoms with Gasteiger partial charge in [0.05, 0.1) is 0 Å². The molecule has 0 bridgehead atoms. The highest BCUT2D eigenvalue weighted by atomic mass is 32.2. The Hall–Kier alpha value is -0.770. The lowest BCUT2D eigenvalue weighted by atomic mass is 10.3. The molecule has 17 heavy (non-hydrogen) atoms. The van der Waals surface area contributed by atoms with Crippen molar-refractivity contribution >= 4 is 17.6 Å². The average Bonchev–Trinajstić information content (AvgIpc) is 2.34. The number of nitrogens with zero attached hydrogens (tertiary/aromatic N) is 2. The Balaban J connectivity index is 3.05. The highest BCUT2D eigenvalue weighted by Gasteiger charge is 2.12. The molecule has 4 heteroatoms. The van der Waals surface area contributed by atoms with E-state index in [4.69, 9.17) is 0 Å². The quantitative estimate of drug-likeness (QED) is 0.620. The van der Waals surface area contributed by atoms with Gasteiger partial charge in [0.1, 0.15) is 16.7 Å². The average molecular weight is 253 g/mol. The third-order valence-corrected chi connectivity index (χ3v) is 4.05. The molecule has 0 radical (unpaired) electrons. The van der Waals surface area contributed by atoms with Crippen molar-refractivity contribution in [1.82, 2.24) is 9.97 Å². The van der Waals surface area contributed by atoms with Crippen LogP contribution in [0.15, 0.2) is 5.03 Å². The van der Waals surface area contributed by atoms with Gasteiger partial charge in [-0.05, 0) is 20.3 Å². The first-order chi connectivity index (χ1) is 8.12. The second kappa shape index (κ2) is 6.84. The predicted octanol–water partition coefficient (Wildman–Crippen LogP) is 3.67. The van der Waals surface area contributed by atoms with Crippen LogP contribution in [-0.2, 0) is 6.42 Å². The van der Waals surface area contributed by atoms with Gasteiger partial charge in [0, 0.05) is 23.8 Å². The SMILES string of the molecule is CCNc1nc(CC)nc(SC(C)CC)c1C. The topological polar surface area (TPSA) is 37.8 Å². The molecule has 0 aromatic carbocycles. The summed E-state index contributed by atoms with van der Waals surface area (Å²) in [5.41, 5.74) is 1.18. The second-order valence-electron chi connectivity index (χ2n) is 4.14. The van der Waals surface area contributed by atoms with Gasteiger partial charge in [0.2, 0.25) is 0 Å². The summed E-state index contributed by atoms with van der Waals surface area (Å²) in [6.45, 7) is 11.6. The molecule has 1 aromatic heterocycles. The smallest absolute Gasteiger partial charge is 0.133 e. The molecule has 96 valence electrons. The maximum Gasteiger partial charge on any atom is 0.133 e. The third-order valence-electron chi connectivity index (χ3n) is 2.70. The summed E-state index contributed by atoms with van der Waals surface area (Å²) in [6, 6.07) is 0. The first-order valence-electron chi connectivity index (χ1n) is 6.40. The van der Waals surface area contributed by atoms with E-state index in [0.717, 1.165) is 36.1 Å². The maximum absolute atomic E-state index is 4.63. The lowest BCUT2D eigenvalue weighted by Crippen LogP contribution is -2.08. The molecule has 0 amide bonds. The fourth-order valence-corrected chi connectivity index (χ4v) is 2.41. The molecule has 1 unspecified atom stereocenters. The Morgan fingerprint density at radius 3 is 2.47 bits per heavy atom. The van der Waals surface area contributed by atoms with Crippen molar-refractivity contribution in [2.45, 2.75) is 57.7 Å². The molecule has 1 aromatic rings. The predicted molar refractivity (Wildman–Crippen MR) is 75.9 cm³/mol. The minimum atomic E-state index is 0.600. The summed E-state index contributed by atoms with van der Waals surface area (Å²) >= 11 is 1.85.